The molecule has 9 nitrogen and oxygen atoms in total. The molecule has 3 heterocycles. The zero-order valence-electron chi connectivity index (χ0n) is 23.0. The molecule has 1 saturated heterocycles. The Balaban J connectivity index is 1.32. The van der Waals surface area contributed by atoms with Crippen molar-refractivity contribution in [1.29, 1.82) is 5.26 Å². The minimum absolute atomic E-state index is 0.0286. The van der Waals surface area contributed by atoms with Gasteiger partial charge in [0.15, 0.2) is 0 Å². The van der Waals surface area contributed by atoms with Crippen LogP contribution < -0.4 is 5.32 Å². The minimum atomic E-state index is -0.293. The number of rotatable bonds is 6. The van der Waals surface area contributed by atoms with Crippen molar-refractivity contribution >= 4 is 23.7 Å². The summed E-state index contributed by atoms with van der Waals surface area (Å²) in [5.74, 6) is -0.554. The van der Waals surface area contributed by atoms with Crippen molar-refractivity contribution in [3.8, 4) is 11.8 Å². The molecule has 204 valence electrons. The van der Waals surface area contributed by atoms with Crippen molar-refractivity contribution in [3.63, 3.8) is 0 Å². The summed E-state index contributed by atoms with van der Waals surface area (Å²) in [4.78, 5) is 34.7. The highest BCUT2D eigenvalue weighted by molar-refractivity contribution is 6.12. The number of aliphatic imine (C=N–C) groups is 1. The second-order valence-corrected chi connectivity index (χ2v) is 10.5. The van der Waals surface area contributed by atoms with Gasteiger partial charge in [0.05, 0.1) is 29.4 Å². The third kappa shape index (κ3) is 5.87. The highest BCUT2D eigenvalue weighted by Gasteiger charge is 2.25. The van der Waals surface area contributed by atoms with Crippen molar-refractivity contribution in [1.82, 2.24) is 19.6 Å². The highest BCUT2D eigenvalue weighted by atomic mass is 16.2. The Labute approximate surface area is 234 Å². The van der Waals surface area contributed by atoms with E-state index in [0.717, 1.165) is 48.6 Å². The topological polar surface area (TPSA) is 107 Å². The number of hydrogen-bond donors (Lipinski definition) is 1. The number of nitriles is 1. The van der Waals surface area contributed by atoms with E-state index in [2.05, 4.69) is 33.4 Å². The van der Waals surface area contributed by atoms with Crippen LogP contribution in [0.2, 0.25) is 0 Å². The Kier molecular flexibility index (Phi) is 7.89. The number of anilines is 1. The molecule has 1 aromatic heterocycles. The summed E-state index contributed by atoms with van der Waals surface area (Å²) in [6, 6.07) is 15.0. The molecule has 2 amide bonds. The van der Waals surface area contributed by atoms with Crippen LogP contribution in [0.4, 0.5) is 5.69 Å². The number of carbonyl (C=O) groups is 2. The van der Waals surface area contributed by atoms with E-state index in [1.54, 1.807) is 29.1 Å². The van der Waals surface area contributed by atoms with Crippen molar-refractivity contribution in [2.75, 3.05) is 45.1 Å². The Morgan fingerprint density at radius 2 is 1.93 bits per heavy atom. The number of amides is 2. The van der Waals surface area contributed by atoms with E-state index in [0.29, 0.717) is 23.4 Å². The first-order valence-corrected chi connectivity index (χ1v) is 13.5. The third-order valence-electron chi connectivity index (χ3n) is 7.54. The average Bonchev–Trinajstić information content (AvgIpc) is 3.48. The summed E-state index contributed by atoms with van der Waals surface area (Å²) in [5.41, 5.74) is 5.38. The Morgan fingerprint density at radius 1 is 1.12 bits per heavy atom. The van der Waals surface area contributed by atoms with E-state index >= 15 is 0 Å². The maximum Gasteiger partial charge on any atom is 0.255 e. The number of hydrogen-bond acceptors (Lipinski definition) is 6. The number of carbonyl (C=O) groups excluding carboxylic acids is 2. The Hall–Kier alpha value is -4.55. The molecule has 2 aliphatic rings. The van der Waals surface area contributed by atoms with Crippen molar-refractivity contribution < 1.29 is 9.59 Å². The molecule has 0 bridgehead atoms. The van der Waals surface area contributed by atoms with E-state index in [1.165, 1.54) is 0 Å². The molecule has 9 heteroatoms. The van der Waals surface area contributed by atoms with Crippen LogP contribution in [-0.4, -0.2) is 77.4 Å². The molecular formula is C31H33N7O2. The van der Waals surface area contributed by atoms with Gasteiger partial charge in [-0.15, -0.1) is 0 Å². The molecule has 2 aliphatic heterocycles. The predicted octanol–water partition coefficient (Wildman–Crippen LogP) is 3.93. The van der Waals surface area contributed by atoms with Crippen LogP contribution in [0.25, 0.3) is 5.69 Å². The summed E-state index contributed by atoms with van der Waals surface area (Å²) < 4.78 is 1.80. The smallest absolute Gasteiger partial charge is 0.255 e. The molecule has 0 aliphatic carbocycles. The normalized spacial score (nSPS) is 18.1. The summed E-state index contributed by atoms with van der Waals surface area (Å²) in [5, 5.41) is 16.8. The van der Waals surface area contributed by atoms with E-state index < -0.39 is 0 Å². The number of likely N-dealkylation sites (N-methyl/N-ethyl adjacent to an activating group) is 1. The van der Waals surface area contributed by atoms with Gasteiger partial charge in [0.2, 0.25) is 0 Å². The van der Waals surface area contributed by atoms with Crippen molar-refractivity contribution in [3.05, 3.63) is 88.8 Å². The van der Waals surface area contributed by atoms with Gasteiger partial charge in [0.1, 0.15) is 0 Å². The first-order chi connectivity index (χ1) is 19.3. The first kappa shape index (κ1) is 27.0. The number of piperazine rings is 1. The number of aromatic nitrogens is 2. The lowest BCUT2D eigenvalue weighted by Gasteiger charge is -2.33. The molecule has 0 radical (unpaired) electrons. The van der Waals surface area contributed by atoms with Gasteiger partial charge in [-0.2, -0.15) is 10.4 Å². The summed E-state index contributed by atoms with van der Waals surface area (Å²) in [6.07, 6.45) is 7.46. The molecular weight excluding hydrogens is 502 g/mol. The lowest BCUT2D eigenvalue weighted by Crippen LogP contribution is -2.47. The molecule has 1 N–H and O–H groups in total. The fourth-order valence-electron chi connectivity index (χ4n) is 4.92. The van der Waals surface area contributed by atoms with Crippen LogP contribution in [0.15, 0.2) is 71.5 Å². The number of aryl methyl sites for hydroxylation is 1. The molecule has 1 fully saturated rings. The number of benzene rings is 2. The first-order valence-electron chi connectivity index (χ1n) is 13.5. The zero-order chi connectivity index (χ0) is 28.2. The fourth-order valence-corrected chi connectivity index (χ4v) is 4.92. The maximum absolute atomic E-state index is 13.1. The van der Waals surface area contributed by atoms with Crippen molar-refractivity contribution in [2.45, 2.75) is 25.7 Å². The van der Waals surface area contributed by atoms with Crippen LogP contribution in [-0.2, 0) is 4.79 Å². The number of nitrogens with one attached hydrogen (secondary N) is 1. The van der Waals surface area contributed by atoms with E-state index in [1.807, 2.05) is 61.5 Å². The summed E-state index contributed by atoms with van der Waals surface area (Å²) >= 11 is 0. The summed E-state index contributed by atoms with van der Waals surface area (Å²) in [6.45, 7) is 7.55. The second kappa shape index (κ2) is 11.7. The third-order valence-corrected chi connectivity index (χ3v) is 7.54. The van der Waals surface area contributed by atoms with Crippen LogP contribution in [0.3, 0.4) is 0 Å². The van der Waals surface area contributed by atoms with Gasteiger partial charge in [0.25, 0.3) is 11.8 Å². The van der Waals surface area contributed by atoms with Gasteiger partial charge in [-0.25, -0.2) is 4.68 Å². The minimum Gasteiger partial charge on any atom is -0.336 e. The molecule has 0 saturated carbocycles. The molecule has 2 atom stereocenters. The predicted molar refractivity (Wildman–Crippen MR) is 155 cm³/mol. The zero-order valence-corrected chi connectivity index (χ0v) is 23.0. The van der Waals surface area contributed by atoms with Gasteiger partial charge in [-0.3, -0.25) is 14.6 Å². The molecule has 5 rings (SSSR count). The van der Waals surface area contributed by atoms with Gasteiger partial charge < -0.3 is 15.1 Å². The van der Waals surface area contributed by atoms with Gasteiger partial charge >= 0.3 is 0 Å². The maximum atomic E-state index is 13.1. The Bertz CT molecular complexity index is 1520. The Morgan fingerprint density at radius 3 is 2.70 bits per heavy atom. The van der Waals surface area contributed by atoms with Gasteiger partial charge in [-0.1, -0.05) is 24.3 Å². The lowest BCUT2D eigenvalue weighted by atomic mass is 9.97. The van der Waals surface area contributed by atoms with E-state index in [9.17, 15) is 14.9 Å². The SMILES string of the molecule is Cc1ccc(NC(=O)c2cccc(C(C)C#N)c2)cc1-n1cc(C2C=C(C(=O)N3CCN(C)CC3)C=NC2)cn1. The molecule has 3 aromatic rings. The fraction of sp³-hybridized carbons (Fsp3) is 0.323. The molecule has 2 aromatic carbocycles. The average molecular weight is 536 g/mol. The van der Waals surface area contributed by atoms with Gasteiger partial charge in [0, 0.05) is 62.3 Å². The molecule has 0 spiro atoms. The number of dihydropyridines is 1. The second-order valence-electron chi connectivity index (χ2n) is 10.5. The summed E-state index contributed by atoms with van der Waals surface area (Å²) in [7, 11) is 2.07. The van der Waals surface area contributed by atoms with Crippen LogP contribution in [0, 0.1) is 18.3 Å². The highest BCUT2D eigenvalue weighted by Crippen LogP contribution is 2.26. The van der Waals surface area contributed by atoms with E-state index in [4.69, 9.17) is 0 Å². The van der Waals surface area contributed by atoms with Crippen LogP contribution >= 0.6 is 0 Å². The lowest BCUT2D eigenvalue weighted by molar-refractivity contribution is -0.128. The van der Waals surface area contributed by atoms with E-state index in [-0.39, 0.29) is 23.7 Å². The largest absolute Gasteiger partial charge is 0.336 e. The monoisotopic (exact) mass is 535 g/mol. The molecule has 40 heavy (non-hydrogen) atoms. The van der Waals surface area contributed by atoms with Crippen LogP contribution in [0.5, 0.6) is 0 Å². The molecule has 2 unspecified atom stereocenters. The number of nitrogens with zero attached hydrogens (tertiary/aromatic N) is 6. The quantitative estimate of drug-likeness (QED) is 0.515. The van der Waals surface area contributed by atoms with Crippen LogP contribution in [0.1, 0.15) is 45.8 Å². The van der Waals surface area contributed by atoms with Crippen molar-refractivity contribution in [2.24, 2.45) is 4.99 Å². The standard InChI is InChI=1S/C31H33N7O2/c1-21-7-8-28(35-30(39)24-6-4-5-23(13-24)22(2)16-32)15-29(21)38-20-27(19-34-38)25-14-26(18-33-17-25)31(40)37-11-9-36(3)10-12-37/h4-8,13-15,18-20,22,25H,9-12,17H2,1-3H3,(H,35,39). The van der Waals surface area contributed by atoms with Gasteiger partial charge in [-0.05, 0) is 61.9 Å².